The van der Waals surface area contributed by atoms with Gasteiger partial charge >= 0.3 is 0 Å². The van der Waals surface area contributed by atoms with Crippen LogP contribution in [0.2, 0.25) is 10.2 Å². The zero-order valence-corrected chi connectivity index (χ0v) is 12.4. The molecular formula is C13H19Cl2N3. The van der Waals surface area contributed by atoms with Crippen molar-refractivity contribution < 1.29 is 0 Å². The van der Waals surface area contributed by atoms with Crippen LogP contribution >= 0.6 is 23.2 Å². The fourth-order valence-corrected chi connectivity index (χ4v) is 2.95. The molecule has 0 amide bonds. The molecule has 1 aromatic rings. The number of likely N-dealkylation sites (tertiary alicyclic amines) is 1. The number of hydrogen-bond acceptors (Lipinski definition) is 3. The first-order chi connectivity index (χ1) is 8.54. The van der Waals surface area contributed by atoms with Crippen molar-refractivity contribution in [1.82, 2.24) is 14.8 Å². The van der Waals surface area contributed by atoms with Crippen LogP contribution in [-0.2, 0) is 6.54 Å². The van der Waals surface area contributed by atoms with E-state index < -0.39 is 0 Å². The second kappa shape index (κ2) is 6.20. The Kier molecular flexibility index (Phi) is 4.84. The van der Waals surface area contributed by atoms with Gasteiger partial charge in [-0.25, -0.2) is 4.98 Å². The van der Waals surface area contributed by atoms with Crippen molar-refractivity contribution in [3.63, 3.8) is 0 Å². The van der Waals surface area contributed by atoms with E-state index in [0.29, 0.717) is 10.2 Å². The summed E-state index contributed by atoms with van der Waals surface area (Å²) in [6.07, 6.45) is 3.05. The minimum Gasteiger partial charge on any atom is -0.306 e. The zero-order chi connectivity index (χ0) is 13.1. The van der Waals surface area contributed by atoms with E-state index in [1.54, 1.807) is 12.3 Å². The molecule has 0 radical (unpaired) electrons. The molecule has 0 aromatic carbocycles. The summed E-state index contributed by atoms with van der Waals surface area (Å²) >= 11 is 11.9. The fraction of sp³-hybridized carbons (Fsp3) is 0.615. The van der Waals surface area contributed by atoms with Gasteiger partial charge < -0.3 is 9.80 Å². The summed E-state index contributed by atoms with van der Waals surface area (Å²) in [5, 5.41) is 1.15. The maximum Gasteiger partial charge on any atom is 0.130 e. The maximum absolute atomic E-state index is 6.15. The predicted molar refractivity (Wildman–Crippen MR) is 76.2 cm³/mol. The van der Waals surface area contributed by atoms with E-state index in [1.807, 2.05) is 0 Å². The van der Waals surface area contributed by atoms with Gasteiger partial charge in [-0.1, -0.05) is 23.2 Å². The molecule has 5 heteroatoms. The highest BCUT2D eigenvalue weighted by Gasteiger charge is 2.20. The van der Waals surface area contributed by atoms with Crippen LogP contribution in [0.5, 0.6) is 0 Å². The third-order valence-electron chi connectivity index (χ3n) is 3.40. The second-order valence-corrected chi connectivity index (χ2v) is 6.01. The van der Waals surface area contributed by atoms with Crippen molar-refractivity contribution >= 4 is 23.2 Å². The number of hydrogen-bond donors (Lipinski definition) is 0. The minimum absolute atomic E-state index is 0.448. The Morgan fingerprint density at radius 3 is 2.89 bits per heavy atom. The van der Waals surface area contributed by atoms with E-state index >= 15 is 0 Å². The van der Waals surface area contributed by atoms with Crippen LogP contribution in [0.4, 0.5) is 0 Å². The molecule has 0 spiro atoms. The van der Waals surface area contributed by atoms with Gasteiger partial charge in [-0.05, 0) is 39.0 Å². The van der Waals surface area contributed by atoms with Gasteiger partial charge in [0.25, 0.3) is 0 Å². The van der Waals surface area contributed by atoms with Gasteiger partial charge in [0.15, 0.2) is 0 Å². The van der Waals surface area contributed by atoms with Crippen LogP contribution in [-0.4, -0.2) is 48.5 Å². The Morgan fingerprint density at radius 2 is 2.28 bits per heavy atom. The maximum atomic E-state index is 6.15. The van der Waals surface area contributed by atoms with E-state index in [9.17, 15) is 0 Å². The molecule has 0 saturated carbocycles. The summed E-state index contributed by atoms with van der Waals surface area (Å²) in [4.78, 5) is 8.77. The van der Waals surface area contributed by atoms with Crippen molar-refractivity contribution in [3.8, 4) is 0 Å². The Hall–Kier alpha value is -0.350. The third kappa shape index (κ3) is 3.82. The monoisotopic (exact) mass is 287 g/mol. The van der Waals surface area contributed by atoms with Gasteiger partial charge in [-0.3, -0.25) is 0 Å². The van der Waals surface area contributed by atoms with Gasteiger partial charge in [0.2, 0.25) is 0 Å². The molecule has 100 valence electrons. The Bertz CT molecular complexity index is 411. The van der Waals surface area contributed by atoms with Crippen molar-refractivity contribution in [2.75, 3.05) is 33.7 Å². The van der Waals surface area contributed by atoms with Crippen molar-refractivity contribution in [2.45, 2.75) is 13.0 Å². The first-order valence-electron chi connectivity index (χ1n) is 6.21. The highest BCUT2D eigenvalue weighted by atomic mass is 35.5. The molecule has 1 aliphatic rings. The molecule has 3 nitrogen and oxygen atoms in total. The van der Waals surface area contributed by atoms with Crippen molar-refractivity contribution in [3.05, 3.63) is 28.0 Å². The summed E-state index contributed by atoms with van der Waals surface area (Å²) in [6, 6.07) is 1.70. The molecule has 1 aromatic heterocycles. The summed E-state index contributed by atoms with van der Waals surface area (Å²) in [5.41, 5.74) is 1.04. The van der Waals surface area contributed by atoms with Crippen LogP contribution in [0.25, 0.3) is 0 Å². The predicted octanol–water partition coefficient (Wildman–Crippen LogP) is 2.77. The molecule has 2 heterocycles. The van der Waals surface area contributed by atoms with E-state index in [4.69, 9.17) is 23.2 Å². The Morgan fingerprint density at radius 1 is 1.50 bits per heavy atom. The Balaban J connectivity index is 1.88. The number of nitrogens with zero attached hydrogens (tertiary/aromatic N) is 3. The van der Waals surface area contributed by atoms with Crippen molar-refractivity contribution in [2.24, 2.45) is 5.92 Å². The minimum atomic E-state index is 0.448. The summed E-state index contributed by atoms with van der Waals surface area (Å²) < 4.78 is 0. The number of aromatic nitrogens is 1. The van der Waals surface area contributed by atoms with Crippen LogP contribution in [0.3, 0.4) is 0 Å². The molecule has 0 aliphatic carbocycles. The van der Waals surface area contributed by atoms with E-state index in [-0.39, 0.29) is 0 Å². The summed E-state index contributed by atoms with van der Waals surface area (Å²) in [7, 11) is 4.31. The molecule has 1 unspecified atom stereocenters. The van der Waals surface area contributed by atoms with E-state index in [2.05, 4.69) is 28.9 Å². The highest BCUT2D eigenvalue weighted by Crippen LogP contribution is 2.21. The standard InChI is InChI=1S/C13H19Cl2N3/c1-17-4-3-10(7-17)8-18(2)9-11-6-16-13(15)5-12(11)14/h5-6,10H,3-4,7-9H2,1-2H3. The summed E-state index contributed by atoms with van der Waals surface area (Å²) in [6.45, 7) is 4.32. The first-order valence-corrected chi connectivity index (χ1v) is 6.97. The van der Waals surface area contributed by atoms with Crippen LogP contribution in [0.15, 0.2) is 12.3 Å². The van der Waals surface area contributed by atoms with Crippen LogP contribution in [0, 0.1) is 5.92 Å². The molecule has 18 heavy (non-hydrogen) atoms. The molecule has 1 atom stereocenters. The second-order valence-electron chi connectivity index (χ2n) is 5.21. The smallest absolute Gasteiger partial charge is 0.130 e. The lowest BCUT2D eigenvalue weighted by Gasteiger charge is -2.21. The van der Waals surface area contributed by atoms with Crippen LogP contribution < -0.4 is 0 Å². The molecule has 1 fully saturated rings. The van der Waals surface area contributed by atoms with Crippen LogP contribution in [0.1, 0.15) is 12.0 Å². The summed E-state index contributed by atoms with van der Waals surface area (Å²) in [5.74, 6) is 0.763. The van der Waals surface area contributed by atoms with E-state index in [0.717, 1.165) is 24.6 Å². The fourth-order valence-electron chi connectivity index (χ4n) is 2.52. The topological polar surface area (TPSA) is 19.4 Å². The average Bonchev–Trinajstić information content (AvgIpc) is 2.68. The zero-order valence-electron chi connectivity index (χ0n) is 10.9. The Labute approximate surface area is 119 Å². The molecule has 0 N–H and O–H groups in total. The van der Waals surface area contributed by atoms with Gasteiger partial charge in [-0.15, -0.1) is 0 Å². The highest BCUT2D eigenvalue weighted by molar-refractivity contribution is 6.34. The van der Waals surface area contributed by atoms with E-state index in [1.165, 1.54) is 19.5 Å². The van der Waals surface area contributed by atoms with Gasteiger partial charge in [-0.2, -0.15) is 0 Å². The number of rotatable bonds is 4. The molecular weight excluding hydrogens is 269 g/mol. The molecule has 1 saturated heterocycles. The quantitative estimate of drug-likeness (QED) is 0.794. The lowest BCUT2D eigenvalue weighted by atomic mass is 10.1. The normalized spacial score (nSPS) is 20.8. The average molecular weight is 288 g/mol. The number of halogens is 2. The lowest BCUT2D eigenvalue weighted by Crippen LogP contribution is -2.27. The van der Waals surface area contributed by atoms with Gasteiger partial charge in [0, 0.05) is 36.4 Å². The first kappa shape index (κ1) is 14.1. The lowest BCUT2D eigenvalue weighted by molar-refractivity contribution is 0.267. The molecule has 2 rings (SSSR count). The third-order valence-corrected chi connectivity index (χ3v) is 3.95. The molecule has 1 aliphatic heterocycles. The SMILES string of the molecule is CN1CCC(CN(C)Cc2cnc(Cl)cc2Cl)C1. The van der Waals surface area contributed by atoms with Crippen molar-refractivity contribution in [1.29, 1.82) is 0 Å². The number of pyridine rings is 1. The molecule has 0 bridgehead atoms. The van der Waals surface area contributed by atoms with Gasteiger partial charge in [0.1, 0.15) is 5.15 Å². The largest absolute Gasteiger partial charge is 0.306 e. The van der Waals surface area contributed by atoms with Gasteiger partial charge in [0.05, 0.1) is 0 Å².